The van der Waals surface area contributed by atoms with Gasteiger partial charge in [-0.05, 0) is 36.8 Å². The first-order chi connectivity index (χ1) is 12.6. The van der Waals surface area contributed by atoms with Gasteiger partial charge in [0.15, 0.2) is 0 Å². The molecule has 0 aliphatic rings. The van der Waals surface area contributed by atoms with Gasteiger partial charge in [-0.25, -0.2) is 0 Å². The van der Waals surface area contributed by atoms with Gasteiger partial charge in [-0.15, -0.1) is 0 Å². The summed E-state index contributed by atoms with van der Waals surface area (Å²) in [4.78, 5) is 26.8. The van der Waals surface area contributed by atoms with Crippen LogP contribution in [0, 0.1) is 0 Å². The van der Waals surface area contributed by atoms with E-state index in [9.17, 15) is 9.59 Å². The Labute approximate surface area is 157 Å². The second-order valence-electron chi connectivity index (χ2n) is 5.86. The molecular formula is C21H19ClN2O2. The number of carbonyl (C=O) groups excluding carboxylic acids is 1. The highest BCUT2D eigenvalue weighted by molar-refractivity contribution is 6.31. The number of aromatic nitrogens is 1. The third kappa shape index (κ3) is 3.86. The Bertz CT molecular complexity index is 967. The molecule has 0 atom stereocenters. The van der Waals surface area contributed by atoms with Gasteiger partial charge in [-0.2, -0.15) is 0 Å². The molecule has 26 heavy (non-hydrogen) atoms. The van der Waals surface area contributed by atoms with E-state index in [2.05, 4.69) is 0 Å². The van der Waals surface area contributed by atoms with Crippen LogP contribution in [0.3, 0.4) is 0 Å². The van der Waals surface area contributed by atoms with Crippen LogP contribution in [0.25, 0.3) is 0 Å². The van der Waals surface area contributed by atoms with Gasteiger partial charge in [0.2, 0.25) is 0 Å². The number of anilines is 1. The molecule has 1 amide bonds. The summed E-state index contributed by atoms with van der Waals surface area (Å²) >= 11 is 6.19. The summed E-state index contributed by atoms with van der Waals surface area (Å²) in [6.45, 7) is 2.77. The quantitative estimate of drug-likeness (QED) is 0.678. The Kier molecular flexibility index (Phi) is 5.54. The third-order valence-electron chi connectivity index (χ3n) is 4.16. The van der Waals surface area contributed by atoms with Crippen LogP contribution in [0.1, 0.15) is 22.8 Å². The van der Waals surface area contributed by atoms with Gasteiger partial charge in [0.25, 0.3) is 11.5 Å². The molecule has 0 radical (unpaired) electrons. The molecular weight excluding hydrogens is 348 g/mol. The molecule has 0 saturated carbocycles. The maximum Gasteiger partial charge on any atom is 0.259 e. The smallest absolute Gasteiger partial charge is 0.259 e. The van der Waals surface area contributed by atoms with Crippen molar-refractivity contribution in [1.29, 1.82) is 0 Å². The number of carbonyl (C=O) groups is 1. The lowest BCUT2D eigenvalue weighted by Gasteiger charge is -2.21. The molecule has 4 nitrogen and oxygen atoms in total. The van der Waals surface area contributed by atoms with Gasteiger partial charge in [-0.3, -0.25) is 9.59 Å². The highest BCUT2D eigenvalue weighted by Gasteiger charge is 2.17. The Morgan fingerprint density at radius 2 is 1.69 bits per heavy atom. The number of pyridine rings is 1. The minimum atomic E-state index is -0.177. The molecule has 0 unspecified atom stereocenters. The first-order valence-corrected chi connectivity index (χ1v) is 8.78. The molecule has 0 aliphatic carbocycles. The van der Waals surface area contributed by atoms with Crippen LogP contribution in [0.2, 0.25) is 5.02 Å². The molecule has 132 valence electrons. The van der Waals surface area contributed by atoms with Crippen molar-refractivity contribution in [1.82, 2.24) is 4.57 Å². The molecule has 1 aromatic heterocycles. The SMILES string of the molecule is CCN(C(=O)c1ccc(=O)n(Cc2ccccc2Cl)c1)c1ccccc1. The first-order valence-electron chi connectivity index (χ1n) is 8.41. The molecule has 3 rings (SSSR count). The predicted molar refractivity (Wildman–Crippen MR) is 105 cm³/mol. The molecule has 0 spiro atoms. The van der Waals surface area contributed by atoms with Crippen LogP contribution in [-0.4, -0.2) is 17.0 Å². The summed E-state index contributed by atoms with van der Waals surface area (Å²) in [7, 11) is 0. The van der Waals surface area contributed by atoms with E-state index in [-0.39, 0.29) is 11.5 Å². The van der Waals surface area contributed by atoms with Gasteiger partial charge in [0.05, 0.1) is 12.1 Å². The molecule has 0 N–H and O–H groups in total. The predicted octanol–water partition coefficient (Wildman–Crippen LogP) is 4.22. The highest BCUT2D eigenvalue weighted by Crippen LogP contribution is 2.18. The zero-order valence-electron chi connectivity index (χ0n) is 14.4. The fraction of sp³-hybridized carbons (Fsp3) is 0.143. The minimum absolute atomic E-state index is 0.147. The largest absolute Gasteiger partial charge is 0.310 e. The van der Waals surface area contributed by atoms with Crippen molar-refractivity contribution in [3.63, 3.8) is 0 Å². The second kappa shape index (κ2) is 8.02. The van der Waals surface area contributed by atoms with Crippen molar-refractivity contribution >= 4 is 23.2 Å². The van der Waals surface area contributed by atoms with Crippen molar-refractivity contribution in [2.45, 2.75) is 13.5 Å². The molecule has 0 bridgehead atoms. The summed E-state index contributed by atoms with van der Waals surface area (Å²) in [5, 5.41) is 0.593. The number of rotatable bonds is 5. The summed E-state index contributed by atoms with van der Waals surface area (Å²) < 4.78 is 1.51. The number of hydrogen-bond donors (Lipinski definition) is 0. The average Bonchev–Trinajstić information content (AvgIpc) is 2.66. The van der Waals surface area contributed by atoms with E-state index in [4.69, 9.17) is 11.6 Å². The molecule has 3 aromatic rings. The Balaban J connectivity index is 1.93. The molecule has 1 heterocycles. The van der Waals surface area contributed by atoms with E-state index in [1.54, 1.807) is 23.2 Å². The average molecular weight is 367 g/mol. The summed E-state index contributed by atoms with van der Waals surface area (Å²) in [5.41, 5.74) is 1.94. The number of nitrogens with zero attached hydrogens (tertiary/aromatic N) is 2. The number of halogens is 1. The zero-order valence-corrected chi connectivity index (χ0v) is 15.2. The lowest BCUT2D eigenvalue weighted by Crippen LogP contribution is -2.32. The van der Waals surface area contributed by atoms with Crippen LogP contribution in [-0.2, 0) is 6.54 Å². The highest BCUT2D eigenvalue weighted by atomic mass is 35.5. The van der Waals surface area contributed by atoms with Crippen LogP contribution in [0.5, 0.6) is 0 Å². The number of amides is 1. The fourth-order valence-electron chi connectivity index (χ4n) is 2.80. The van der Waals surface area contributed by atoms with Crippen LogP contribution < -0.4 is 10.5 Å². The maximum atomic E-state index is 12.9. The van der Waals surface area contributed by atoms with Gasteiger partial charge in [-0.1, -0.05) is 48.0 Å². The minimum Gasteiger partial charge on any atom is -0.310 e. The van der Waals surface area contributed by atoms with Gasteiger partial charge in [0.1, 0.15) is 0 Å². The van der Waals surface area contributed by atoms with E-state index < -0.39 is 0 Å². The van der Waals surface area contributed by atoms with Gasteiger partial charge in [0, 0.05) is 29.5 Å². The van der Waals surface area contributed by atoms with Crippen molar-refractivity contribution in [2.24, 2.45) is 0 Å². The second-order valence-corrected chi connectivity index (χ2v) is 6.27. The summed E-state index contributed by atoms with van der Waals surface area (Å²) in [6.07, 6.45) is 1.60. The number of para-hydroxylation sites is 1. The summed E-state index contributed by atoms with van der Waals surface area (Å²) in [5.74, 6) is -0.147. The van der Waals surface area contributed by atoms with E-state index in [0.717, 1.165) is 11.3 Å². The van der Waals surface area contributed by atoms with E-state index in [0.29, 0.717) is 23.7 Å². The van der Waals surface area contributed by atoms with E-state index in [1.165, 1.54) is 10.6 Å². The Morgan fingerprint density at radius 3 is 2.38 bits per heavy atom. The molecule has 2 aromatic carbocycles. The Morgan fingerprint density at radius 1 is 1.00 bits per heavy atom. The lowest BCUT2D eigenvalue weighted by molar-refractivity contribution is 0.0987. The Hall–Kier alpha value is -2.85. The topological polar surface area (TPSA) is 42.3 Å². The number of hydrogen-bond acceptors (Lipinski definition) is 2. The van der Waals surface area contributed by atoms with Gasteiger partial charge < -0.3 is 9.47 Å². The van der Waals surface area contributed by atoms with Crippen molar-refractivity contribution in [2.75, 3.05) is 11.4 Å². The van der Waals surface area contributed by atoms with E-state index >= 15 is 0 Å². The standard InChI is InChI=1S/C21H19ClN2O2/c1-2-24(18-9-4-3-5-10-18)21(26)17-12-13-20(25)23(15-17)14-16-8-6-7-11-19(16)22/h3-13,15H,2,14H2,1H3. The van der Waals surface area contributed by atoms with Crippen LogP contribution in [0.15, 0.2) is 77.7 Å². The van der Waals surface area contributed by atoms with Crippen molar-refractivity contribution in [3.05, 3.63) is 99.4 Å². The van der Waals surface area contributed by atoms with Crippen molar-refractivity contribution in [3.8, 4) is 0 Å². The molecule has 0 aliphatic heterocycles. The molecule has 5 heteroatoms. The van der Waals surface area contributed by atoms with E-state index in [1.807, 2.05) is 55.5 Å². The van der Waals surface area contributed by atoms with Crippen LogP contribution in [0.4, 0.5) is 5.69 Å². The monoisotopic (exact) mass is 366 g/mol. The first kappa shape index (κ1) is 18.0. The normalized spacial score (nSPS) is 10.5. The molecule has 0 fully saturated rings. The molecule has 0 saturated heterocycles. The van der Waals surface area contributed by atoms with Gasteiger partial charge >= 0.3 is 0 Å². The number of benzene rings is 2. The maximum absolute atomic E-state index is 12.9. The lowest BCUT2D eigenvalue weighted by atomic mass is 10.2. The third-order valence-corrected chi connectivity index (χ3v) is 4.53. The zero-order chi connectivity index (χ0) is 18.5. The fourth-order valence-corrected chi connectivity index (χ4v) is 2.99. The van der Waals surface area contributed by atoms with Crippen molar-refractivity contribution < 1.29 is 4.79 Å². The van der Waals surface area contributed by atoms with Crippen LogP contribution >= 0.6 is 11.6 Å². The summed E-state index contributed by atoms with van der Waals surface area (Å²) in [6, 6.07) is 19.8.